The van der Waals surface area contributed by atoms with Gasteiger partial charge < -0.3 is 15.4 Å². The predicted octanol–water partition coefficient (Wildman–Crippen LogP) is 1.93. The smallest absolute Gasteiger partial charge is 0.256 e. The molecule has 110 valence electrons. The molecule has 1 aliphatic heterocycles. The number of nitrogens with zero attached hydrogens (tertiary/aromatic N) is 1. The first-order chi connectivity index (χ1) is 9.63. The molecule has 0 spiro atoms. The summed E-state index contributed by atoms with van der Waals surface area (Å²) in [5, 5.41) is 0. The fourth-order valence-electron chi connectivity index (χ4n) is 2.40. The van der Waals surface area contributed by atoms with Crippen molar-refractivity contribution in [2.75, 3.05) is 24.6 Å². The summed E-state index contributed by atoms with van der Waals surface area (Å²) in [6, 6.07) is 5.95. The monoisotopic (exact) mass is 280 g/mol. The van der Waals surface area contributed by atoms with E-state index in [0.29, 0.717) is 31.8 Å². The normalized spacial score (nSPS) is 21.9. The van der Waals surface area contributed by atoms with Gasteiger partial charge in [0.2, 0.25) is 0 Å². The third-order valence-electron chi connectivity index (χ3n) is 3.62. The van der Waals surface area contributed by atoms with E-state index in [9.17, 15) is 9.18 Å². The van der Waals surface area contributed by atoms with Gasteiger partial charge in [0.05, 0.1) is 0 Å². The minimum absolute atomic E-state index is 0.0601. The number of rotatable bonds is 5. The number of benzene rings is 1. The van der Waals surface area contributed by atoms with Crippen molar-refractivity contribution in [3.8, 4) is 0 Å². The number of carbonyl (C=O) groups excluding carboxylic acids is 1. The Labute approximate surface area is 118 Å². The highest BCUT2D eigenvalue weighted by Gasteiger charge is 2.34. The Kier molecular flexibility index (Phi) is 5.09. The second-order valence-corrected chi connectivity index (χ2v) is 5.17. The number of ether oxygens (including phenoxy) is 1. The molecule has 2 atom stereocenters. The van der Waals surface area contributed by atoms with Crippen molar-refractivity contribution in [3.63, 3.8) is 0 Å². The summed E-state index contributed by atoms with van der Waals surface area (Å²) in [6.07, 6.45) is 1.19. The van der Waals surface area contributed by atoms with Gasteiger partial charge in [-0.2, -0.15) is 0 Å². The van der Waals surface area contributed by atoms with Crippen LogP contribution in [0.1, 0.15) is 19.8 Å². The highest BCUT2D eigenvalue weighted by atomic mass is 19.1. The van der Waals surface area contributed by atoms with Crippen molar-refractivity contribution in [3.05, 3.63) is 30.1 Å². The molecule has 2 rings (SSSR count). The Morgan fingerprint density at radius 3 is 2.70 bits per heavy atom. The summed E-state index contributed by atoms with van der Waals surface area (Å²) in [7, 11) is 0. The van der Waals surface area contributed by atoms with Gasteiger partial charge >= 0.3 is 0 Å². The van der Waals surface area contributed by atoms with E-state index in [0.717, 1.165) is 6.42 Å². The van der Waals surface area contributed by atoms with Gasteiger partial charge in [-0.1, -0.05) is 6.92 Å². The standard InChI is InChI=1S/C15H21FN2O2/c1-11-7-10-20-14(11)15(19)18(9-2-8-17)13-5-3-12(16)4-6-13/h3-6,11,14H,2,7-10,17H2,1H3. The first-order valence-electron chi connectivity index (χ1n) is 7.02. The average molecular weight is 280 g/mol. The summed E-state index contributed by atoms with van der Waals surface area (Å²) in [4.78, 5) is 14.3. The third-order valence-corrected chi connectivity index (χ3v) is 3.62. The number of halogens is 1. The zero-order valence-corrected chi connectivity index (χ0v) is 11.7. The molecule has 1 aromatic rings. The summed E-state index contributed by atoms with van der Waals surface area (Å²) in [5.74, 6) is -0.163. The summed E-state index contributed by atoms with van der Waals surface area (Å²) in [5.41, 5.74) is 6.22. The molecule has 1 amide bonds. The topological polar surface area (TPSA) is 55.6 Å². The highest BCUT2D eigenvalue weighted by molar-refractivity contribution is 5.96. The number of nitrogens with two attached hydrogens (primary N) is 1. The molecule has 20 heavy (non-hydrogen) atoms. The lowest BCUT2D eigenvalue weighted by Crippen LogP contribution is -2.42. The van der Waals surface area contributed by atoms with Gasteiger partial charge in [0, 0.05) is 18.8 Å². The van der Waals surface area contributed by atoms with Crippen LogP contribution in [0.25, 0.3) is 0 Å². The number of anilines is 1. The maximum Gasteiger partial charge on any atom is 0.256 e. The molecule has 5 heteroatoms. The van der Waals surface area contributed by atoms with Crippen LogP contribution in [-0.2, 0) is 9.53 Å². The predicted molar refractivity (Wildman–Crippen MR) is 75.9 cm³/mol. The maximum atomic E-state index is 13.0. The largest absolute Gasteiger partial charge is 0.368 e. The van der Waals surface area contributed by atoms with E-state index in [1.807, 2.05) is 6.92 Å². The summed E-state index contributed by atoms with van der Waals surface area (Å²) in [6.45, 7) is 3.66. The second kappa shape index (κ2) is 6.81. The van der Waals surface area contributed by atoms with Gasteiger partial charge in [-0.05, 0) is 49.6 Å². The van der Waals surface area contributed by atoms with E-state index < -0.39 is 6.10 Å². The SMILES string of the molecule is CC1CCOC1C(=O)N(CCCN)c1ccc(F)cc1. The molecular weight excluding hydrogens is 259 g/mol. The lowest BCUT2D eigenvalue weighted by atomic mass is 10.0. The first kappa shape index (κ1) is 14.9. The van der Waals surface area contributed by atoms with Crippen LogP contribution in [0.2, 0.25) is 0 Å². The number of amides is 1. The molecule has 2 unspecified atom stereocenters. The van der Waals surface area contributed by atoms with Crippen molar-refractivity contribution < 1.29 is 13.9 Å². The highest BCUT2D eigenvalue weighted by Crippen LogP contribution is 2.25. The molecule has 0 saturated carbocycles. The fourth-order valence-corrected chi connectivity index (χ4v) is 2.40. The summed E-state index contributed by atoms with van der Waals surface area (Å²) < 4.78 is 18.6. The molecule has 2 N–H and O–H groups in total. The lowest BCUT2D eigenvalue weighted by Gasteiger charge is -2.27. The minimum atomic E-state index is -0.405. The van der Waals surface area contributed by atoms with E-state index in [2.05, 4.69) is 0 Å². The molecular formula is C15H21FN2O2. The zero-order valence-electron chi connectivity index (χ0n) is 11.7. The molecule has 1 fully saturated rings. The fraction of sp³-hybridized carbons (Fsp3) is 0.533. The molecule has 0 radical (unpaired) electrons. The van der Waals surface area contributed by atoms with E-state index >= 15 is 0 Å². The Morgan fingerprint density at radius 1 is 1.45 bits per heavy atom. The molecule has 1 heterocycles. The average Bonchev–Trinajstić information content (AvgIpc) is 2.87. The van der Waals surface area contributed by atoms with Crippen molar-refractivity contribution in [2.24, 2.45) is 11.7 Å². The van der Waals surface area contributed by atoms with Crippen LogP contribution >= 0.6 is 0 Å². The van der Waals surface area contributed by atoms with E-state index in [1.54, 1.807) is 17.0 Å². The van der Waals surface area contributed by atoms with Crippen LogP contribution in [-0.4, -0.2) is 31.7 Å². The molecule has 0 bridgehead atoms. The number of hydrogen-bond donors (Lipinski definition) is 1. The quantitative estimate of drug-likeness (QED) is 0.896. The Hall–Kier alpha value is -1.46. The van der Waals surface area contributed by atoms with E-state index in [-0.39, 0.29) is 17.6 Å². The minimum Gasteiger partial charge on any atom is -0.368 e. The lowest BCUT2D eigenvalue weighted by molar-refractivity contribution is -0.128. The van der Waals surface area contributed by atoms with Gasteiger partial charge in [-0.25, -0.2) is 4.39 Å². The zero-order chi connectivity index (χ0) is 14.5. The van der Waals surface area contributed by atoms with Crippen molar-refractivity contribution >= 4 is 11.6 Å². The van der Waals surface area contributed by atoms with Crippen LogP contribution in [0.15, 0.2) is 24.3 Å². The summed E-state index contributed by atoms with van der Waals surface area (Å²) >= 11 is 0. The second-order valence-electron chi connectivity index (χ2n) is 5.17. The number of hydrogen-bond acceptors (Lipinski definition) is 3. The van der Waals surface area contributed by atoms with Gasteiger partial charge in [-0.15, -0.1) is 0 Å². The Bertz CT molecular complexity index is 450. The Morgan fingerprint density at radius 2 is 2.15 bits per heavy atom. The van der Waals surface area contributed by atoms with Gasteiger partial charge in [0.15, 0.2) is 0 Å². The van der Waals surface area contributed by atoms with Gasteiger partial charge in [0.1, 0.15) is 11.9 Å². The van der Waals surface area contributed by atoms with E-state index in [1.165, 1.54) is 12.1 Å². The molecule has 0 aliphatic carbocycles. The van der Waals surface area contributed by atoms with Crippen LogP contribution in [0, 0.1) is 11.7 Å². The molecule has 4 nitrogen and oxygen atoms in total. The Balaban J connectivity index is 2.18. The van der Waals surface area contributed by atoms with Crippen LogP contribution < -0.4 is 10.6 Å². The van der Waals surface area contributed by atoms with Crippen molar-refractivity contribution in [1.29, 1.82) is 0 Å². The maximum absolute atomic E-state index is 13.0. The van der Waals surface area contributed by atoms with Gasteiger partial charge in [0.25, 0.3) is 5.91 Å². The first-order valence-corrected chi connectivity index (χ1v) is 7.02. The van der Waals surface area contributed by atoms with Crippen LogP contribution in [0.4, 0.5) is 10.1 Å². The molecule has 0 aromatic heterocycles. The van der Waals surface area contributed by atoms with Crippen molar-refractivity contribution in [1.82, 2.24) is 0 Å². The van der Waals surface area contributed by atoms with Crippen LogP contribution in [0.5, 0.6) is 0 Å². The van der Waals surface area contributed by atoms with E-state index in [4.69, 9.17) is 10.5 Å². The van der Waals surface area contributed by atoms with Crippen molar-refractivity contribution in [2.45, 2.75) is 25.9 Å². The van der Waals surface area contributed by atoms with Crippen LogP contribution in [0.3, 0.4) is 0 Å². The molecule has 1 saturated heterocycles. The van der Waals surface area contributed by atoms with Gasteiger partial charge in [-0.3, -0.25) is 4.79 Å². The molecule has 1 aliphatic rings. The number of carbonyl (C=O) groups is 1. The molecule has 1 aromatic carbocycles. The third kappa shape index (κ3) is 3.35.